The van der Waals surface area contributed by atoms with E-state index in [1.165, 1.54) is 0 Å². The van der Waals surface area contributed by atoms with Crippen LogP contribution in [-0.4, -0.2) is 57.4 Å². The van der Waals surface area contributed by atoms with Crippen LogP contribution in [0.25, 0.3) is 0 Å². The van der Waals surface area contributed by atoms with Crippen LogP contribution in [0.4, 0.5) is 0 Å². The van der Waals surface area contributed by atoms with Gasteiger partial charge in [-0.15, -0.1) is 0 Å². The van der Waals surface area contributed by atoms with Crippen molar-refractivity contribution in [1.82, 2.24) is 0 Å². The molecule has 4 atom stereocenters. The van der Waals surface area contributed by atoms with Gasteiger partial charge >= 0.3 is 0 Å². The standard InChI is InChI=1S/C6H10O6/c7-1-3(9)5(11)6(12)4(10)2-8/h1-6,9-12H/t3-,4-,5-,6+/m0/s1. The molecule has 0 rings (SSSR count). The third-order valence-electron chi connectivity index (χ3n) is 1.33. The monoisotopic (exact) mass is 178 g/mol. The number of aliphatic hydroxyl groups is 4. The van der Waals surface area contributed by atoms with Crippen LogP contribution < -0.4 is 0 Å². The minimum absolute atomic E-state index is 0.00852. The molecule has 0 amide bonds. The predicted molar refractivity (Wildman–Crippen MR) is 36.2 cm³/mol. The molecular weight excluding hydrogens is 168 g/mol. The second-order valence-electron chi connectivity index (χ2n) is 2.23. The highest BCUT2D eigenvalue weighted by Crippen LogP contribution is 2.01. The lowest BCUT2D eigenvalue weighted by atomic mass is 10.1. The van der Waals surface area contributed by atoms with Crippen LogP contribution in [0.5, 0.6) is 0 Å². The highest BCUT2D eigenvalue weighted by molar-refractivity contribution is 5.59. The summed E-state index contributed by atoms with van der Waals surface area (Å²) in [6, 6.07) is 0. The molecule has 0 fully saturated rings. The van der Waals surface area contributed by atoms with E-state index < -0.39 is 24.4 Å². The largest absolute Gasteiger partial charge is 0.387 e. The van der Waals surface area contributed by atoms with Crippen LogP contribution in [-0.2, 0) is 9.59 Å². The third-order valence-corrected chi connectivity index (χ3v) is 1.33. The van der Waals surface area contributed by atoms with E-state index in [0.29, 0.717) is 0 Å². The van der Waals surface area contributed by atoms with Gasteiger partial charge in [-0.25, -0.2) is 0 Å². The summed E-state index contributed by atoms with van der Waals surface area (Å²) in [6.45, 7) is 0. The molecule has 6 heteroatoms. The number of aliphatic hydroxyl groups excluding tert-OH is 4. The van der Waals surface area contributed by atoms with Gasteiger partial charge in [0.15, 0.2) is 12.6 Å². The molecule has 0 aromatic heterocycles. The van der Waals surface area contributed by atoms with Crippen LogP contribution in [0.15, 0.2) is 0 Å². The highest BCUT2D eigenvalue weighted by Gasteiger charge is 2.29. The van der Waals surface area contributed by atoms with Gasteiger partial charge in [-0.3, -0.25) is 0 Å². The van der Waals surface area contributed by atoms with Crippen LogP contribution >= 0.6 is 0 Å². The van der Waals surface area contributed by atoms with E-state index in [1.807, 2.05) is 0 Å². The number of aldehydes is 2. The van der Waals surface area contributed by atoms with Crippen molar-refractivity contribution in [2.75, 3.05) is 0 Å². The fourth-order valence-corrected chi connectivity index (χ4v) is 0.565. The van der Waals surface area contributed by atoms with E-state index in [2.05, 4.69) is 0 Å². The van der Waals surface area contributed by atoms with Crippen molar-refractivity contribution in [3.63, 3.8) is 0 Å². The minimum Gasteiger partial charge on any atom is -0.387 e. The smallest absolute Gasteiger partial charge is 0.151 e. The lowest BCUT2D eigenvalue weighted by Crippen LogP contribution is -2.45. The van der Waals surface area contributed by atoms with Gasteiger partial charge in [-0.05, 0) is 0 Å². The van der Waals surface area contributed by atoms with Gasteiger partial charge in [-0.2, -0.15) is 0 Å². The molecule has 12 heavy (non-hydrogen) atoms. The molecule has 0 heterocycles. The SMILES string of the molecule is O=C[C@H](O)[C@H](O)[C@H](O)[C@@H](O)C=O. The van der Waals surface area contributed by atoms with E-state index >= 15 is 0 Å². The molecule has 0 radical (unpaired) electrons. The molecule has 6 nitrogen and oxygen atoms in total. The molecule has 0 aliphatic heterocycles. The van der Waals surface area contributed by atoms with Gasteiger partial charge in [0, 0.05) is 0 Å². The Morgan fingerprint density at radius 3 is 1.17 bits per heavy atom. The molecule has 0 saturated carbocycles. The number of rotatable bonds is 5. The molecule has 0 saturated heterocycles. The molecule has 0 aromatic rings. The highest BCUT2D eigenvalue weighted by atomic mass is 16.4. The van der Waals surface area contributed by atoms with Gasteiger partial charge in [0.05, 0.1) is 0 Å². The first-order valence-electron chi connectivity index (χ1n) is 3.17. The summed E-state index contributed by atoms with van der Waals surface area (Å²) in [5.41, 5.74) is 0. The van der Waals surface area contributed by atoms with E-state index in [9.17, 15) is 9.59 Å². The molecule has 0 aliphatic rings. The van der Waals surface area contributed by atoms with E-state index in [-0.39, 0.29) is 12.6 Å². The summed E-state index contributed by atoms with van der Waals surface area (Å²) < 4.78 is 0. The normalized spacial score (nSPS) is 20.7. The maximum absolute atomic E-state index is 9.87. The van der Waals surface area contributed by atoms with E-state index in [0.717, 1.165) is 0 Å². The first-order valence-corrected chi connectivity index (χ1v) is 3.17. The van der Waals surface area contributed by atoms with Crippen molar-refractivity contribution in [1.29, 1.82) is 0 Å². The quantitative estimate of drug-likeness (QED) is 0.330. The van der Waals surface area contributed by atoms with Gasteiger partial charge in [0.25, 0.3) is 0 Å². The van der Waals surface area contributed by atoms with Crippen molar-refractivity contribution in [2.45, 2.75) is 24.4 Å². The Kier molecular flexibility index (Phi) is 4.60. The summed E-state index contributed by atoms with van der Waals surface area (Å²) >= 11 is 0. The fourth-order valence-electron chi connectivity index (χ4n) is 0.565. The summed E-state index contributed by atoms with van der Waals surface area (Å²) in [4.78, 5) is 19.7. The lowest BCUT2D eigenvalue weighted by molar-refractivity contribution is -0.140. The summed E-state index contributed by atoms with van der Waals surface area (Å²) in [5, 5.41) is 34.9. The zero-order valence-electron chi connectivity index (χ0n) is 6.07. The zero-order chi connectivity index (χ0) is 9.72. The lowest BCUT2D eigenvalue weighted by Gasteiger charge is -2.20. The van der Waals surface area contributed by atoms with Gasteiger partial charge < -0.3 is 30.0 Å². The maximum Gasteiger partial charge on any atom is 0.151 e. The molecule has 70 valence electrons. The predicted octanol–water partition coefficient (Wildman–Crippen LogP) is -3.17. The number of hydrogen-bond acceptors (Lipinski definition) is 6. The van der Waals surface area contributed by atoms with Crippen LogP contribution in [0.3, 0.4) is 0 Å². The van der Waals surface area contributed by atoms with Crippen LogP contribution in [0, 0.1) is 0 Å². The third kappa shape index (κ3) is 2.67. The van der Waals surface area contributed by atoms with Gasteiger partial charge in [0.2, 0.25) is 0 Å². The van der Waals surface area contributed by atoms with Gasteiger partial charge in [-0.1, -0.05) is 0 Å². The minimum atomic E-state index is -1.86. The Hall–Kier alpha value is -0.820. The van der Waals surface area contributed by atoms with Crippen molar-refractivity contribution in [3.8, 4) is 0 Å². The average Bonchev–Trinajstić information content (AvgIpc) is 2.12. The second-order valence-corrected chi connectivity index (χ2v) is 2.23. The number of hydrogen-bond donors (Lipinski definition) is 4. The second kappa shape index (κ2) is 4.94. The molecule has 0 aliphatic carbocycles. The molecule has 0 spiro atoms. The Morgan fingerprint density at radius 2 is 1.00 bits per heavy atom. The topological polar surface area (TPSA) is 115 Å². The molecule has 0 aromatic carbocycles. The molecular formula is C6H10O6. The van der Waals surface area contributed by atoms with Crippen molar-refractivity contribution >= 4 is 12.6 Å². The number of carbonyl (C=O) groups excluding carboxylic acids is 2. The van der Waals surface area contributed by atoms with Crippen LogP contribution in [0.2, 0.25) is 0 Å². The van der Waals surface area contributed by atoms with Crippen molar-refractivity contribution in [3.05, 3.63) is 0 Å². The summed E-state index contributed by atoms with van der Waals surface area (Å²) in [6.07, 6.45) is -7.36. The van der Waals surface area contributed by atoms with Crippen molar-refractivity contribution < 1.29 is 30.0 Å². The van der Waals surface area contributed by atoms with Crippen molar-refractivity contribution in [2.24, 2.45) is 0 Å². The Balaban J connectivity index is 4.16. The Labute approximate surface area is 68.1 Å². The van der Waals surface area contributed by atoms with Crippen LogP contribution in [0.1, 0.15) is 0 Å². The molecule has 0 bridgehead atoms. The summed E-state index contributed by atoms with van der Waals surface area (Å²) in [7, 11) is 0. The number of carbonyl (C=O) groups is 2. The first-order chi connectivity index (χ1) is 5.54. The molecule has 0 unspecified atom stereocenters. The zero-order valence-corrected chi connectivity index (χ0v) is 6.07. The van der Waals surface area contributed by atoms with Gasteiger partial charge in [0.1, 0.15) is 24.4 Å². The average molecular weight is 178 g/mol. The van der Waals surface area contributed by atoms with E-state index in [4.69, 9.17) is 20.4 Å². The van der Waals surface area contributed by atoms with E-state index in [1.54, 1.807) is 0 Å². The molecule has 4 N–H and O–H groups in total. The maximum atomic E-state index is 9.87. The fraction of sp³-hybridized carbons (Fsp3) is 0.667. The Bertz CT molecular complexity index is 140. The first kappa shape index (κ1) is 11.2. The Morgan fingerprint density at radius 1 is 0.750 bits per heavy atom. The summed E-state index contributed by atoms with van der Waals surface area (Å²) in [5.74, 6) is 0.